The quantitative estimate of drug-likeness (QED) is 0.834. The first kappa shape index (κ1) is 14.2. The van der Waals surface area contributed by atoms with Crippen molar-refractivity contribution in [2.45, 2.75) is 45.1 Å². The zero-order chi connectivity index (χ0) is 13.3. The van der Waals surface area contributed by atoms with E-state index in [1.165, 1.54) is 0 Å². The van der Waals surface area contributed by atoms with Crippen LogP contribution in [-0.4, -0.2) is 10.7 Å². The lowest BCUT2D eigenvalue weighted by molar-refractivity contribution is -0.0279. The standard InChI is InChI=1S/C15H20Cl2O/c1-10-5-6-15(18,8-11(10)2)9-12-7-13(16)3-4-14(12)17/h3-4,7,10-11,18H,5-6,8-9H2,1-2H3. The highest BCUT2D eigenvalue weighted by Crippen LogP contribution is 2.39. The number of benzene rings is 1. The Balaban J connectivity index is 2.15. The van der Waals surface area contributed by atoms with Crippen LogP contribution in [-0.2, 0) is 6.42 Å². The lowest BCUT2D eigenvalue weighted by Crippen LogP contribution is -2.39. The van der Waals surface area contributed by atoms with Crippen molar-refractivity contribution in [3.05, 3.63) is 33.8 Å². The van der Waals surface area contributed by atoms with Crippen molar-refractivity contribution in [2.24, 2.45) is 11.8 Å². The lowest BCUT2D eigenvalue weighted by Gasteiger charge is -2.39. The fourth-order valence-electron chi connectivity index (χ4n) is 2.88. The van der Waals surface area contributed by atoms with Gasteiger partial charge in [-0.15, -0.1) is 0 Å². The summed E-state index contributed by atoms with van der Waals surface area (Å²) in [5, 5.41) is 12.1. The summed E-state index contributed by atoms with van der Waals surface area (Å²) in [5.74, 6) is 1.25. The molecular formula is C15H20Cl2O. The Labute approximate surface area is 119 Å². The van der Waals surface area contributed by atoms with Gasteiger partial charge in [0, 0.05) is 16.5 Å². The second kappa shape index (κ2) is 5.40. The largest absolute Gasteiger partial charge is 0.390 e. The van der Waals surface area contributed by atoms with Crippen molar-refractivity contribution >= 4 is 23.2 Å². The molecule has 0 bridgehead atoms. The maximum atomic E-state index is 10.7. The highest BCUT2D eigenvalue weighted by molar-refractivity contribution is 6.33. The Kier molecular flexibility index (Phi) is 4.25. The van der Waals surface area contributed by atoms with Gasteiger partial charge in [0.05, 0.1) is 5.60 Å². The van der Waals surface area contributed by atoms with E-state index in [0.717, 1.165) is 24.8 Å². The van der Waals surface area contributed by atoms with Gasteiger partial charge in [0.2, 0.25) is 0 Å². The van der Waals surface area contributed by atoms with E-state index in [9.17, 15) is 5.11 Å². The van der Waals surface area contributed by atoms with Crippen LogP contribution in [0.5, 0.6) is 0 Å². The highest BCUT2D eigenvalue weighted by Gasteiger charge is 2.36. The van der Waals surface area contributed by atoms with E-state index in [-0.39, 0.29) is 0 Å². The minimum absolute atomic E-state index is 0.557. The Morgan fingerprint density at radius 3 is 2.67 bits per heavy atom. The molecule has 1 fully saturated rings. The molecule has 3 heteroatoms. The summed E-state index contributed by atoms with van der Waals surface area (Å²) in [7, 11) is 0. The fraction of sp³-hybridized carbons (Fsp3) is 0.600. The Morgan fingerprint density at radius 2 is 2.00 bits per heavy atom. The fourth-order valence-corrected chi connectivity index (χ4v) is 3.26. The summed E-state index contributed by atoms with van der Waals surface area (Å²) in [6.07, 6.45) is 3.37. The lowest BCUT2D eigenvalue weighted by atomic mass is 9.71. The predicted molar refractivity (Wildman–Crippen MR) is 77.3 cm³/mol. The van der Waals surface area contributed by atoms with Crippen LogP contribution in [0.3, 0.4) is 0 Å². The van der Waals surface area contributed by atoms with Gasteiger partial charge >= 0.3 is 0 Å². The van der Waals surface area contributed by atoms with E-state index in [1.54, 1.807) is 12.1 Å². The van der Waals surface area contributed by atoms with Gasteiger partial charge in [-0.25, -0.2) is 0 Å². The van der Waals surface area contributed by atoms with Crippen LogP contribution in [0.25, 0.3) is 0 Å². The van der Waals surface area contributed by atoms with E-state index in [4.69, 9.17) is 23.2 Å². The van der Waals surface area contributed by atoms with Crippen molar-refractivity contribution in [1.82, 2.24) is 0 Å². The van der Waals surface area contributed by atoms with Crippen LogP contribution in [0.4, 0.5) is 0 Å². The molecule has 1 N–H and O–H groups in total. The van der Waals surface area contributed by atoms with E-state index < -0.39 is 5.60 Å². The predicted octanol–water partition coefficient (Wildman–Crippen LogP) is 4.72. The normalized spacial score (nSPS) is 32.5. The minimum atomic E-state index is -0.625. The number of aliphatic hydroxyl groups is 1. The third-order valence-corrected chi connectivity index (χ3v) is 4.87. The van der Waals surface area contributed by atoms with Crippen LogP contribution in [0.15, 0.2) is 18.2 Å². The molecule has 0 spiro atoms. The van der Waals surface area contributed by atoms with Gasteiger partial charge in [0.1, 0.15) is 0 Å². The Hall–Kier alpha value is -0.240. The second-order valence-corrected chi connectivity index (χ2v) is 6.68. The van der Waals surface area contributed by atoms with Gasteiger partial charge in [-0.2, -0.15) is 0 Å². The monoisotopic (exact) mass is 286 g/mol. The molecule has 0 aromatic heterocycles. The van der Waals surface area contributed by atoms with Crippen molar-refractivity contribution in [1.29, 1.82) is 0 Å². The smallest absolute Gasteiger partial charge is 0.0691 e. The molecule has 0 saturated heterocycles. The molecule has 1 nitrogen and oxygen atoms in total. The zero-order valence-corrected chi connectivity index (χ0v) is 12.4. The average Bonchev–Trinajstić information content (AvgIpc) is 2.29. The first-order chi connectivity index (χ1) is 8.39. The molecule has 1 aliphatic carbocycles. The Morgan fingerprint density at radius 1 is 1.28 bits per heavy atom. The molecule has 0 heterocycles. The molecule has 1 saturated carbocycles. The van der Waals surface area contributed by atoms with Crippen molar-refractivity contribution in [3.63, 3.8) is 0 Å². The molecule has 2 rings (SSSR count). The molecule has 0 aliphatic heterocycles. The average molecular weight is 287 g/mol. The van der Waals surface area contributed by atoms with Gasteiger partial charge < -0.3 is 5.11 Å². The van der Waals surface area contributed by atoms with Crippen molar-refractivity contribution < 1.29 is 5.11 Å². The first-order valence-corrected chi connectivity index (χ1v) is 7.31. The van der Waals surface area contributed by atoms with Crippen molar-refractivity contribution in [2.75, 3.05) is 0 Å². The zero-order valence-electron chi connectivity index (χ0n) is 10.9. The molecule has 1 aromatic carbocycles. The topological polar surface area (TPSA) is 20.2 Å². The number of halogens is 2. The number of hydrogen-bond donors (Lipinski definition) is 1. The van der Waals surface area contributed by atoms with Crippen LogP contribution in [0, 0.1) is 11.8 Å². The van der Waals surface area contributed by atoms with Gasteiger partial charge in [-0.1, -0.05) is 37.0 Å². The van der Waals surface area contributed by atoms with Gasteiger partial charge in [-0.05, 0) is 54.9 Å². The summed E-state index contributed by atoms with van der Waals surface area (Å²) < 4.78 is 0. The molecule has 1 aromatic rings. The summed E-state index contributed by atoms with van der Waals surface area (Å²) in [5.41, 5.74) is 0.327. The minimum Gasteiger partial charge on any atom is -0.390 e. The molecule has 3 unspecified atom stereocenters. The van der Waals surface area contributed by atoms with Crippen LogP contribution in [0.1, 0.15) is 38.7 Å². The molecule has 0 amide bonds. The molecule has 100 valence electrons. The summed E-state index contributed by atoms with van der Waals surface area (Å²) in [6.45, 7) is 4.48. The summed E-state index contributed by atoms with van der Waals surface area (Å²) in [6, 6.07) is 5.45. The van der Waals surface area contributed by atoms with E-state index in [1.807, 2.05) is 6.07 Å². The summed E-state index contributed by atoms with van der Waals surface area (Å²) >= 11 is 12.2. The van der Waals surface area contributed by atoms with Gasteiger partial charge in [0.15, 0.2) is 0 Å². The summed E-state index contributed by atoms with van der Waals surface area (Å²) in [4.78, 5) is 0. The van der Waals surface area contributed by atoms with E-state index in [0.29, 0.717) is 28.3 Å². The number of hydrogen-bond acceptors (Lipinski definition) is 1. The number of rotatable bonds is 2. The SMILES string of the molecule is CC1CCC(O)(Cc2cc(Cl)ccc2Cl)CC1C. The van der Waals surface area contributed by atoms with E-state index >= 15 is 0 Å². The molecule has 18 heavy (non-hydrogen) atoms. The van der Waals surface area contributed by atoms with E-state index in [2.05, 4.69) is 13.8 Å². The third kappa shape index (κ3) is 3.20. The highest BCUT2D eigenvalue weighted by atomic mass is 35.5. The third-order valence-electron chi connectivity index (χ3n) is 4.27. The van der Waals surface area contributed by atoms with Crippen LogP contribution in [0.2, 0.25) is 10.0 Å². The molecule has 3 atom stereocenters. The molecule has 1 aliphatic rings. The maximum Gasteiger partial charge on any atom is 0.0691 e. The molecule has 0 radical (unpaired) electrons. The van der Waals surface area contributed by atoms with Crippen LogP contribution < -0.4 is 0 Å². The first-order valence-electron chi connectivity index (χ1n) is 6.56. The van der Waals surface area contributed by atoms with Gasteiger partial charge in [0.25, 0.3) is 0 Å². The van der Waals surface area contributed by atoms with Crippen LogP contribution >= 0.6 is 23.2 Å². The van der Waals surface area contributed by atoms with Gasteiger partial charge in [-0.3, -0.25) is 0 Å². The second-order valence-electron chi connectivity index (χ2n) is 5.83. The Bertz CT molecular complexity index is 433. The van der Waals surface area contributed by atoms with Crippen molar-refractivity contribution in [3.8, 4) is 0 Å². The maximum absolute atomic E-state index is 10.7. The molecular weight excluding hydrogens is 267 g/mol.